The van der Waals surface area contributed by atoms with Gasteiger partial charge in [0.2, 0.25) is 0 Å². The quantitative estimate of drug-likeness (QED) is 0.752. The van der Waals surface area contributed by atoms with Gasteiger partial charge in [0.25, 0.3) is 0 Å². The SMILES string of the molecule is CC(C)(O)CN1CCOC2(CCCC2)C1. The van der Waals surface area contributed by atoms with Crippen LogP contribution in [-0.2, 0) is 4.74 Å². The maximum atomic E-state index is 9.82. The average Bonchev–Trinajstić information content (AvgIpc) is 2.50. The lowest BCUT2D eigenvalue weighted by molar-refractivity contribution is -0.117. The third-order valence-electron chi connectivity index (χ3n) is 3.45. The van der Waals surface area contributed by atoms with Gasteiger partial charge in [0.05, 0.1) is 17.8 Å². The van der Waals surface area contributed by atoms with Crippen LogP contribution in [0.5, 0.6) is 0 Å². The largest absolute Gasteiger partial charge is 0.389 e. The highest BCUT2D eigenvalue weighted by atomic mass is 16.5. The fourth-order valence-electron chi connectivity index (χ4n) is 2.93. The molecule has 0 aromatic rings. The lowest BCUT2D eigenvalue weighted by atomic mass is 9.98. The third-order valence-corrected chi connectivity index (χ3v) is 3.45. The van der Waals surface area contributed by atoms with E-state index >= 15 is 0 Å². The van der Waals surface area contributed by atoms with Gasteiger partial charge in [-0.2, -0.15) is 0 Å². The smallest absolute Gasteiger partial charge is 0.0809 e. The van der Waals surface area contributed by atoms with Crippen molar-refractivity contribution >= 4 is 0 Å². The summed E-state index contributed by atoms with van der Waals surface area (Å²) >= 11 is 0. The molecule has 1 aliphatic heterocycles. The first-order valence-electron chi connectivity index (χ1n) is 6.08. The Kier molecular flexibility index (Phi) is 3.06. The monoisotopic (exact) mass is 213 g/mol. The summed E-state index contributed by atoms with van der Waals surface area (Å²) in [5, 5.41) is 9.82. The Balaban J connectivity index is 1.92. The van der Waals surface area contributed by atoms with Crippen molar-refractivity contribution < 1.29 is 9.84 Å². The first-order chi connectivity index (χ1) is 6.99. The van der Waals surface area contributed by atoms with E-state index in [1.807, 2.05) is 13.8 Å². The molecule has 15 heavy (non-hydrogen) atoms. The van der Waals surface area contributed by atoms with Crippen LogP contribution in [-0.4, -0.2) is 47.4 Å². The molecule has 0 amide bonds. The van der Waals surface area contributed by atoms with Crippen molar-refractivity contribution in [3.05, 3.63) is 0 Å². The van der Waals surface area contributed by atoms with E-state index in [-0.39, 0.29) is 5.60 Å². The summed E-state index contributed by atoms with van der Waals surface area (Å²) in [6.07, 6.45) is 5.01. The molecule has 1 saturated carbocycles. The van der Waals surface area contributed by atoms with Crippen LogP contribution in [0.2, 0.25) is 0 Å². The number of aliphatic hydroxyl groups is 1. The summed E-state index contributed by atoms with van der Waals surface area (Å²) in [5.74, 6) is 0. The molecule has 88 valence electrons. The van der Waals surface area contributed by atoms with Crippen LogP contribution in [0.15, 0.2) is 0 Å². The van der Waals surface area contributed by atoms with Crippen molar-refractivity contribution in [2.45, 2.75) is 50.7 Å². The second kappa shape index (κ2) is 4.04. The van der Waals surface area contributed by atoms with Crippen LogP contribution in [0, 0.1) is 0 Å². The first-order valence-corrected chi connectivity index (χ1v) is 6.08. The Morgan fingerprint density at radius 3 is 2.60 bits per heavy atom. The molecule has 2 rings (SSSR count). The molecule has 0 atom stereocenters. The molecule has 0 unspecified atom stereocenters. The van der Waals surface area contributed by atoms with E-state index in [0.29, 0.717) is 0 Å². The topological polar surface area (TPSA) is 32.7 Å². The van der Waals surface area contributed by atoms with Gasteiger partial charge in [-0.15, -0.1) is 0 Å². The summed E-state index contributed by atoms with van der Waals surface area (Å²) in [5.41, 5.74) is -0.458. The number of hydrogen-bond acceptors (Lipinski definition) is 3. The van der Waals surface area contributed by atoms with Gasteiger partial charge in [-0.05, 0) is 26.7 Å². The molecule has 0 radical (unpaired) electrons. The first kappa shape index (κ1) is 11.4. The molecule has 1 N–H and O–H groups in total. The molecular weight excluding hydrogens is 190 g/mol. The number of hydrogen-bond donors (Lipinski definition) is 1. The van der Waals surface area contributed by atoms with Crippen LogP contribution in [0.25, 0.3) is 0 Å². The van der Waals surface area contributed by atoms with E-state index in [1.165, 1.54) is 25.7 Å². The Morgan fingerprint density at radius 2 is 2.00 bits per heavy atom. The highest BCUT2D eigenvalue weighted by Gasteiger charge is 2.39. The molecule has 3 nitrogen and oxygen atoms in total. The zero-order valence-electron chi connectivity index (χ0n) is 9.96. The summed E-state index contributed by atoms with van der Waals surface area (Å²) < 4.78 is 5.95. The molecular formula is C12H23NO2. The Morgan fingerprint density at radius 1 is 1.33 bits per heavy atom. The summed E-state index contributed by atoms with van der Waals surface area (Å²) in [6, 6.07) is 0. The lowest BCUT2D eigenvalue weighted by Crippen LogP contribution is -2.53. The molecule has 1 aliphatic carbocycles. The molecule has 2 aliphatic rings. The Hall–Kier alpha value is -0.120. The van der Waals surface area contributed by atoms with Gasteiger partial charge < -0.3 is 9.84 Å². The van der Waals surface area contributed by atoms with Gasteiger partial charge in [-0.25, -0.2) is 0 Å². The zero-order chi connectivity index (χ0) is 10.9. The van der Waals surface area contributed by atoms with Crippen molar-refractivity contribution in [3.63, 3.8) is 0 Å². The fourth-order valence-corrected chi connectivity index (χ4v) is 2.93. The van der Waals surface area contributed by atoms with Crippen LogP contribution < -0.4 is 0 Å². The van der Waals surface area contributed by atoms with Gasteiger partial charge >= 0.3 is 0 Å². The van der Waals surface area contributed by atoms with Gasteiger partial charge in [-0.3, -0.25) is 4.90 Å². The van der Waals surface area contributed by atoms with Crippen LogP contribution >= 0.6 is 0 Å². The van der Waals surface area contributed by atoms with E-state index in [1.54, 1.807) is 0 Å². The summed E-state index contributed by atoms with van der Waals surface area (Å²) in [6.45, 7) is 7.32. The van der Waals surface area contributed by atoms with Gasteiger partial charge in [-0.1, -0.05) is 12.8 Å². The van der Waals surface area contributed by atoms with Crippen molar-refractivity contribution in [1.29, 1.82) is 0 Å². The van der Waals surface area contributed by atoms with E-state index in [9.17, 15) is 5.11 Å². The van der Waals surface area contributed by atoms with Crippen LogP contribution in [0.4, 0.5) is 0 Å². The molecule has 1 heterocycles. The van der Waals surface area contributed by atoms with Crippen molar-refractivity contribution in [2.75, 3.05) is 26.2 Å². The molecule has 1 saturated heterocycles. The minimum atomic E-state index is -0.586. The fraction of sp³-hybridized carbons (Fsp3) is 1.00. The molecule has 1 spiro atoms. The molecule has 0 aromatic heterocycles. The van der Waals surface area contributed by atoms with Crippen LogP contribution in [0.3, 0.4) is 0 Å². The van der Waals surface area contributed by atoms with Gasteiger partial charge in [0.15, 0.2) is 0 Å². The molecule has 0 bridgehead atoms. The van der Waals surface area contributed by atoms with Crippen LogP contribution in [0.1, 0.15) is 39.5 Å². The Labute approximate surface area is 92.4 Å². The average molecular weight is 213 g/mol. The number of nitrogens with zero attached hydrogens (tertiary/aromatic N) is 1. The van der Waals surface area contributed by atoms with E-state index < -0.39 is 5.60 Å². The molecule has 3 heteroatoms. The van der Waals surface area contributed by atoms with Crippen molar-refractivity contribution in [2.24, 2.45) is 0 Å². The maximum absolute atomic E-state index is 9.82. The predicted octanol–water partition coefficient (Wildman–Crippen LogP) is 1.40. The highest BCUT2D eigenvalue weighted by Crippen LogP contribution is 2.36. The summed E-state index contributed by atoms with van der Waals surface area (Å²) in [7, 11) is 0. The van der Waals surface area contributed by atoms with Gasteiger partial charge in [0.1, 0.15) is 0 Å². The highest BCUT2D eigenvalue weighted by molar-refractivity contribution is 4.93. The van der Waals surface area contributed by atoms with E-state index in [2.05, 4.69) is 4.90 Å². The standard InChI is InChI=1S/C12H23NO2/c1-11(2,14)9-13-7-8-15-12(10-13)5-3-4-6-12/h14H,3-10H2,1-2H3. The zero-order valence-corrected chi connectivity index (χ0v) is 9.96. The third kappa shape index (κ3) is 2.92. The van der Waals surface area contributed by atoms with Gasteiger partial charge in [0, 0.05) is 19.6 Å². The lowest BCUT2D eigenvalue weighted by Gasteiger charge is -2.42. The van der Waals surface area contributed by atoms with E-state index in [4.69, 9.17) is 4.74 Å². The van der Waals surface area contributed by atoms with E-state index in [0.717, 1.165) is 26.2 Å². The Bertz CT molecular complexity index is 216. The number of morpholine rings is 1. The summed E-state index contributed by atoms with van der Waals surface area (Å²) in [4.78, 5) is 2.36. The van der Waals surface area contributed by atoms with Crippen molar-refractivity contribution in [1.82, 2.24) is 4.90 Å². The predicted molar refractivity (Wildman–Crippen MR) is 59.9 cm³/mol. The number of β-amino-alcohol motifs (C(OH)–C–C–N with tert-alkyl or cyclic N) is 1. The number of ether oxygens (including phenoxy) is 1. The minimum absolute atomic E-state index is 0.128. The normalized spacial score (nSPS) is 27.4. The molecule has 0 aromatic carbocycles. The number of rotatable bonds is 2. The maximum Gasteiger partial charge on any atom is 0.0809 e. The van der Waals surface area contributed by atoms with Crippen molar-refractivity contribution in [3.8, 4) is 0 Å². The minimum Gasteiger partial charge on any atom is -0.389 e. The molecule has 2 fully saturated rings. The second-order valence-corrected chi connectivity index (χ2v) is 5.76. The second-order valence-electron chi connectivity index (χ2n) is 5.76.